The topological polar surface area (TPSA) is 60.7 Å². The molecular weight excluding hydrogens is 288 g/mol. The van der Waals surface area contributed by atoms with Crippen LogP contribution < -0.4 is 0 Å². The Bertz CT molecular complexity index is 472. The molecule has 1 saturated carbocycles. The second-order valence-electron chi connectivity index (χ2n) is 8.93. The highest BCUT2D eigenvalue weighted by molar-refractivity contribution is 5.14. The standard InChI is InChI=1S/C20H34O3/c1-14-7-6-10-20(5,23)13-16(21)17-15(18(2,3)22)9-12-19(17,4)11-8-14/h6,8,10-11,14-17,21-23H,7,9,12-13H2,1-5H3/b10-6+,11-8+/t14-,15+,16-,17?,19-,20-/m0/s1. The van der Waals surface area contributed by atoms with Gasteiger partial charge in [-0.1, -0.05) is 38.2 Å². The lowest BCUT2D eigenvalue weighted by atomic mass is 9.68. The largest absolute Gasteiger partial charge is 0.393 e. The van der Waals surface area contributed by atoms with Gasteiger partial charge in [0.2, 0.25) is 0 Å². The lowest BCUT2D eigenvalue weighted by molar-refractivity contribution is -0.0700. The van der Waals surface area contributed by atoms with E-state index in [0.717, 1.165) is 19.3 Å². The van der Waals surface area contributed by atoms with Gasteiger partial charge in [-0.2, -0.15) is 0 Å². The molecule has 23 heavy (non-hydrogen) atoms. The molecule has 132 valence electrons. The van der Waals surface area contributed by atoms with Crippen LogP contribution >= 0.6 is 0 Å². The number of fused-ring (bicyclic) bond motifs is 1. The third-order valence-corrected chi connectivity index (χ3v) is 5.92. The van der Waals surface area contributed by atoms with E-state index in [4.69, 9.17) is 0 Å². The highest BCUT2D eigenvalue weighted by atomic mass is 16.3. The van der Waals surface area contributed by atoms with E-state index in [1.54, 1.807) is 6.92 Å². The van der Waals surface area contributed by atoms with Crippen molar-refractivity contribution in [3.63, 3.8) is 0 Å². The Morgan fingerprint density at radius 1 is 1.17 bits per heavy atom. The molecule has 0 saturated heterocycles. The van der Waals surface area contributed by atoms with Crippen LogP contribution in [0.25, 0.3) is 0 Å². The van der Waals surface area contributed by atoms with Gasteiger partial charge in [0.15, 0.2) is 0 Å². The summed E-state index contributed by atoms with van der Waals surface area (Å²) in [6.07, 6.45) is 10.7. The first-order valence-electron chi connectivity index (χ1n) is 8.94. The van der Waals surface area contributed by atoms with Crippen LogP contribution in [-0.4, -0.2) is 32.6 Å². The molecule has 0 radical (unpaired) electrons. The third kappa shape index (κ3) is 4.26. The zero-order chi connectivity index (χ0) is 17.5. The third-order valence-electron chi connectivity index (χ3n) is 5.92. The van der Waals surface area contributed by atoms with Crippen molar-refractivity contribution in [2.24, 2.45) is 23.2 Å². The van der Waals surface area contributed by atoms with E-state index in [1.165, 1.54) is 0 Å². The minimum absolute atomic E-state index is 0.0305. The Labute approximate surface area is 141 Å². The molecular formula is C20H34O3. The maximum atomic E-state index is 11.0. The molecule has 0 aliphatic heterocycles. The van der Waals surface area contributed by atoms with Crippen molar-refractivity contribution in [2.45, 2.75) is 77.6 Å². The molecule has 0 aromatic heterocycles. The Balaban J connectivity index is 2.43. The van der Waals surface area contributed by atoms with Crippen molar-refractivity contribution in [2.75, 3.05) is 0 Å². The smallest absolute Gasteiger partial charge is 0.0824 e. The van der Waals surface area contributed by atoms with Crippen LogP contribution in [-0.2, 0) is 0 Å². The van der Waals surface area contributed by atoms with Crippen molar-refractivity contribution in [1.29, 1.82) is 0 Å². The van der Waals surface area contributed by atoms with Gasteiger partial charge in [0.25, 0.3) is 0 Å². The number of aliphatic hydroxyl groups excluding tert-OH is 1. The van der Waals surface area contributed by atoms with Gasteiger partial charge in [-0.05, 0) is 63.2 Å². The molecule has 1 unspecified atom stereocenters. The predicted octanol–water partition coefficient (Wildman–Crippen LogP) is 3.44. The Morgan fingerprint density at radius 3 is 2.43 bits per heavy atom. The zero-order valence-electron chi connectivity index (χ0n) is 15.3. The SMILES string of the molecule is C[C@@H]1/C=C/[C@@]2(C)CC[C@@H](C(C)(C)O)C2[C@@H](O)C[C@@](C)(O)/C=C/C1. The van der Waals surface area contributed by atoms with Crippen LogP contribution in [0, 0.1) is 23.2 Å². The van der Waals surface area contributed by atoms with Crippen molar-refractivity contribution in [3.05, 3.63) is 24.3 Å². The van der Waals surface area contributed by atoms with Gasteiger partial charge < -0.3 is 15.3 Å². The van der Waals surface area contributed by atoms with Gasteiger partial charge in [0.05, 0.1) is 17.3 Å². The van der Waals surface area contributed by atoms with Crippen LogP contribution in [0.1, 0.15) is 60.3 Å². The van der Waals surface area contributed by atoms with Crippen LogP contribution in [0.15, 0.2) is 24.3 Å². The first kappa shape index (κ1) is 18.7. The van der Waals surface area contributed by atoms with Crippen molar-refractivity contribution >= 4 is 0 Å². The highest BCUT2D eigenvalue weighted by Crippen LogP contribution is 2.54. The average molecular weight is 322 g/mol. The van der Waals surface area contributed by atoms with Gasteiger partial charge >= 0.3 is 0 Å². The summed E-state index contributed by atoms with van der Waals surface area (Å²) in [6, 6.07) is 0. The van der Waals surface area contributed by atoms with Crippen molar-refractivity contribution < 1.29 is 15.3 Å². The van der Waals surface area contributed by atoms with E-state index in [-0.39, 0.29) is 17.3 Å². The van der Waals surface area contributed by atoms with E-state index in [2.05, 4.69) is 26.0 Å². The lowest BCUT2D eigenvalue weighted by Gasteiger charge is -2.41. The Kier molecular flexibility index (Phi) is 5.16. The minimum atomic E-state index is -1.02. The molecule has 3 N–H and O–H groups in total. The normalized spacial score (nSPS) is 48.3. The van der Waals surface area contributed by atoms with Crippen LogP contribution in [0.2, 0.25) is 0 Å². The summed E-state index contributed by atoms with van der Waals surface area (Å²) in [7, 11) is 0. The number of rotatable bonds is 1. The van der Waals surface area contributed by atoms with Crippen molar-refractivity contribution in [1.82, 2.24) is 0 Å². The van der Waals surface area contributed by atoms with Gasteiger partial charge in [-0.25, -0.2) is 0 Å². The van der Waals surface area contributed by atoms with Crippen molar-refractivity contribution in [3.8, 4) is 0 Å². The molecule has 0 aromatic carbocycles. The molecule has 3 heteroatoms. The number of hydrogen-bond donors (Lipinski definition) is 3. The fraction of sp³-hybridized carbons (Fsp3) is 0.800. The average Bonchev–Trinajstić information content (AvgIpc) is 2.73. The predicted molar refractivity (Wildman–Crippen MR) is 93.9 cm³/mol. The Hall–Kier alpha value is -0.640. The monoisotopic (exact) mass is 322 g/mol. The van der Waals surface area contributed by atoms with Gasteiger partial charge in [0, 0.05) is 6.42 Å². The molecule has 2 rings (SSSR count). The summed E-state index contributed by atoms with van der Waals surface area (Å²) in [4.78, 5) is 0. The quantitative estimate of drug-likeness (QED) is 0.648. The van der Waals surface area contributed by atoms with E-state index < -0.39 is 17.3 Å². The maximum absolute atomic E-state index is 11.0. The molecule has 2 aliphatic rings. The van der Waals surface area contributed by atoms with E-state index in [1.807, 2.05) is 26.0 Å². The number of allylic oxidation sites excluding steroid dienone is 3. The van der Waals surface area contributed by atoms with Crippen LogP contribution in [0.3, 0.4) is 0 Å². The van der Waals surface area contributed by atoms with Gasteiger partial charge in [0.1, 0.15) is 0 Å². The summed E-state index contributed by atoms with van der Waals surface area (Å²) in [5.41, 5.74) is -1.99. The number of aliphatic hydroxyl groups is 3. The fourth-order valence-corrected chi connectivity index (χ4v) is 4.58. The summed E-state index contributed by atoms with van der Waals surface area (Å²) in [5, 5.41) is 32.2. The van der Waals surface area contributed by atoms with Gasteiger partial charge in [-0.15, -0.1) is 0 Å². The van der Waals surface area contributed by atoms with Crippen LogP contribution in [0.5, 0.6) is 0 Å². The fourth-order valence-electron chi connectivity index (χ4n) is 4.58. The molecule has 0 aromatic rings. The maximum Gasteiger partial charge on any atom is 0.0824 e. The summed E-state index contributed by atoms with van der Waals surface area (Å²) >= 11 is 0. The molecule has 0 bridgehead atoms. The molecule has 0 heterocycles. The first-order valence-corrected chi connectivity index (χ1v) is 8.94. The second kappa shape index (κ2) is 6.34. The summed E-state index contributed by atoms with van der Waals surface area (Å²) < 4.78 is 0. The molecule has 6 atom stereocenters. The molecule has 1 fully saturated rings. The molecule has 2 aliphatic carbocycles. The van der Waals surface area contributed by atoms with E-state index >= 15 is 0 Å². The second-order valence-corrected chi connectivity index (χ2v) is 8.93. The Morgan fingerprint density at radius 2 is 1.83 bits per heavy atom. The highest BCUT2D eigenvalue weighted by Gasteiger charge is 2.52. The van der Waals surface area contributed by atoms with E-state index in [9.17, 15) is 15.3 Å². The minimum Gasteiger partial charge on any atom is -0.393 e. The number of hydrogen-bond acceptors (Lipinski definition) is 3. The summed E-state index contributed by atoms with van der Waals surface area (Å²) in [5.74, 6) is 0.378. The first-order chi connectivity index (χ1) is 10.4. The van der Waals surface area contributed by atoms with Crippen LogP contribution in [0.4, 0.5) is 0 Å². The molecule has 0 spiro atoms. The lowest BCUT2D eigenvalue weighted by Crippen LogP contribution is -2.45. The zero-order valence-corrected chi connectivity index (χ0v) is 15.3. The molecule has 0 amide bonds. The van der Waals surface area contributed by atoms with E-state index in [0.29, 0.717) is 12.3 Å². The summed E-state index contributed by atoms with van der Waals surface area (Å²) in [6.45, 7) is 9.80. The van der Waals surface area contributed by atoms with Gasteiger partial charge in [-0.3, -0.25) is 0 Å². The molecule has 3 nitrogen and oxygen atoms in total.